The van der Waals surface area contributed by atoms with Crippen molar-refractivity contribution in [1.82, 2.24) is 34.7 Å². The predicted octanol–water partition coefficient (Wildman–Crippen LogP) is 4.62. The summed E-state index contributed by atoms with van der Waals surface area (Å²) in [7, 11) is 1.63. The zero-order valence-corrected chi connectivity index (χ0v) is 22.9. The second-order valence-corrected chi connectivity index (χ2v) is 10.8. The van der Waals surface area contributed by atoms with E-state index in [1.54, 1.807) is 24.2 Å². The van der Waals surface area contributed by atoms with Crippen molar-refractivity contribution in [3.05, 3.63) is 59.1 Å². The first-order valence-corrected chi connectivity index (χ1v) is 13.4. The average Bonchev–Trinajstić information content (AvgIpc) is 3.29. The Balaban J connectivity index is 1.35. The molecule has 2 fully saturated rings. The number of halogens is 1. The Bertz CT molecular complexity index is 1550. The van der Waals surface area contributed by atoms with E-state index >= 15 is 0 Å². The molecule has 3 aromatic heterocycles. The molecule has 0 bridgehead atoms. The first-order valence-electron chi connectivity index (χ1n) is 13.1. The fraction of sp³-hybridized carbons (Fsp3) is 0.393. The number of nitrogens with zero attached hydrogens (tertiary/aromatic N) is 6. The number of ether oxygens (including phenoxy) is 2. The number of pyridine rings is 1. The van der Waals surface area contributed by atoms with Crippen LogP contribution in [-0.4, -0.2) is 67.3 Å². The van der Waals surface area contributed by atoms with E-state index in [2.05, 4.69) is 27.2 Å². The van der Waals surface area contributed by atoms with Gasteiger partial charge in [0.25, 0.3) is 0 Å². The summed E-state index contributed by atoms with van der Waals surface area (Å²) in [4.78, 5) is 32.2. The highest BCUT2D eigenvalue weighted by Gasteiger charge is 2.41. The van der Waals surface area contributed by atoms with Gasteiger partial charge in [0, 0.05) is 31.8 Å². The number of amides is 2. The number of carbonyl (C=O) groups excluding carboxylic acids is 1. The zero-order chi connectivity index (χ0) is 27.1. The van der Waals surface area contributed by atoms with Gasteiger partial charge in [-0.3, -0.25) is 4.98 Å². The smallest absolute Gasteiger partial charge is 0.317 e. The van der Waals surface area contributed by atoms with Crippen LogP contribution in [0.15, 0.2) is 42.9 Å². The minimum atomic E-state index is -0.215. The van der Waals surface area contributed by atoms with Crippen molar-refractivity contribution in [3.8, 4) is 23.0 Å². The Morgan fingerprint density at radius 2 is 2.05 bits per heavy atom. The Morgan fingerprint density at radius 1 is 1.21 bits per heavy atom. The fourth-order valence-corrected chi connectivity index (χ4v) is 5.07. The van der Waals surface area contributed by atoms with E-state index in [-0.39, 0.29) is 17.7 Å². The van der Waals surface area contributed by atoms with Crippen LogP contribution in [0.25, 0.3) is 22.6 Å². The van der Waals surface area contributed by atoms with Crippen LogP contribution >= 0.6 is 11.6 Å². The summed E-state index contributed by atoms with van der Waals surface area (Å²) >= 11 is 6.84. The van der Waals surface area contributed by atoms with E-state index in [0.29, 0.717) is 53.3 Å². The minimum absolute atomic E-state index is 0.0973. The summed E-state index contributed by atoms with van der Waals surface area (Å²) in [5.41, 5.74) is 3.75. The van der Waals surface area contributed by atoms with E-state index in [1.807, 2.05) is 35.8 Å². The molecule has 1 saturated carbocycles. The van der Waals surface area contributed by atoms with Gasteiger partial charge >= 0.3 is 6.03 Å². The molecule has 2 amide bonds. The van der Waals surface area contributed by atoms with Crippen LogP contribution < -0.4 is 14.8 Å². The summed E-state index contributed by atoms with van der Waals surface area (Å²) < 4.78 is 14.4. The lowest BCUT2D eigenvalue weighted by molar-refractivity contribution is 0.188. The predicted molar refractivity (Wildman–Crippen MR) is 147 cm³/mol. The lowest BCUT2D eigenvalue weighted by Gasteiger charge is -2.17. The van der Waals surface area contributed by atoms with Crippen molar-refractivity contribution in [2.45, 2.75) is 51.4 Å². The molecule has 1 aliphatic carbocycles. The van der Waals surface area contributed by atoms with Crippen molar-refractivity contribution >= 4 is 28.8 Å². The molecule has 4 aromatic rings. The lowest BCUT2D eigenvalue weighted by Crippen LogP contribution is -2.37. The van der Waals surface area contributed by atoms with Gasteiger partial charge in [0.15, 0.2) is 11.2 Å². The van der Waals surface area contributed by atoms with Crippen molar-refractivity contribution < 1.29 is 14.3 Å². The number of nitrogens with one attached hydrogen (secondary N) is 1. The highest BCUT2D eigenvalue weighted by atomic mass is 35.5. The molecular formula is C28H30ClN7O3. The summed E-state index contributed by atoms with van der Waals surface area (Å²) in [6.07, 6.45) is 5.93. The molecule has 1 aliphatic heterocycles. The molecular weight excluding hydrogens is 518 g/mol. The molecule has 1 aromatic carbocycles. The van der Waals surface area contributed by atoms with Gasteiger partial charge in [-0.2, -0.15) is 4.98 Å². The van der Waals surface area contributed by atoms with Gasteiger partial charge in [-0.15, -0.1) is 0 Å². The second kappa shape index (κ2) is 10.00. The third kappa shape index (κ3) is 5.21. The zero-order valence-electron chi connectivity index (χ0n) is 22.1. The summed E-state index contributed by atoms with van der Waals surface area (Å²) in [6.45, 7) is 5.74. The molecule has 39 heavy (non-hydrogen) atoms. The molecule has 1 N–H and O–H groups in total. The second-order valence-electron chi connectivity index (χ2n) is 10.4. The summed E-state index contributed by atoms with van der Waals surface area (Å²) in [5.74, 6) is 1.75. The van der Waals surface area contributed by atoms with E-state index in [9.17, 15) is 4.79 Å². The topological polar surface area (TPSA) is 107 Å². The highest BCUT2D eigenvalue weighted by molar-refractivity contribution is 6.33. The number of aryl methyl sites for hydroxylation is 1. The van der Waals surface area contributed by atoms with Crippen molar-refractivity contribution in [2.75, 3.05) is 20.1 Å². The number of urea groups is 1. The Kier molecular flexibility index (Phi) is 6.50. The van der Waals surface area contributed by atoms with E-state index in [0.717, 1.165) is 36.1 Å². The molecule has 2 aliphatic rings. The van der Waals surface area contributed by atoms with Crippen LogP contribution in [0.1, 0.15) is 37.4 Å². The summed E-state index contributed by atoms with van der Waals surface area (Å²) in [6, 6.07) is 9.49. The molecule has 0 unspecified atom stereocenters. The molecule has 6 rings (SSSR count). The number of hydrogen-bond donors (Lipinski definition) is 1. The number of fused-ring (bicyclic) bond motifs is 1. The molecule has 1 saturated heterocycles. The van der Waals surface area contributed by atoms with E-state index in [1.165, 1.54) is 6.33 Å². The maximum atomic E-state index is 11.9. The van der Waals surface area contributed by atoms with Gasteiger partial charge in [-0.25, -0.2) is 14.8 Å². The van der Waals surface area contributed by atoms with Crippen LogP contribution in [0.5, 0.6) is 11.6 Å². The number of hydrogen-bond acceptors (Lipinski definition) is 7. The van der Waals surface area contributed by atoms with Gasteiger partial charge in [0.05, 0.1) is 23.8 Å². The van der Waals surface area contributed by atoms with Crippen molar-refractivity contribution in [3.63, 3.8) is 0 Å². The maximum Gasteiger partial charge on any atom is 0.317 e. The number of benzene rings is 1. The standard InChI is InChI=1S/C28H30ClN7O3/c1-17-6-10-31-18(12-17)14-36-24(34-23-25(36)32-16-33-26(23)39-28(2)8-9-28)21-5-4-19(13-22(21)29)38-20-7-11-35(15-20)27(37)30-3/h4-6,10,12-13,16,20H,7-9,11,14-15H2,1-3H3,(H,30,37)/t20-/m1/s1. The van der Waals surface area contributed by atoms with Gasteiger partial charge < -0.3 is 24.3 Å². The Hall–Kier alpha value is -3.92. The number of likely N-dealkylation sites (tertiary alicyclic amines) is 1. The quantitative estimate of drug-likeness (QED) is 0.359. The number of rotatable bonds is 7. The normalized spacial score (nSPS) is 17.8. The molecule has 4 heterocycles. The molecule has 11 heteroatoms. The lowest BCUT2D eigenvalue weighted by atomic mass is 10.2. The fourth-order valence-electron chi connectivity index (χ4n) is 4.81. The monoisotopic (exact) mass is 547 g/mol. The van der Waals surface area contributed by atoms with Gasteiger partial charge in [0.1, 0.15) is 29.6 Å². The van der Waals surface area contributed by atoms with E-state index in [4.69, 9.17) is 26.1 Å². The molecule has 1 atom stereocenters. The minimum Gasteiger partial charge on any atom is -0.488 e. The van der Waals surface area contributed by atoms with Crippen LogP contribution in [0.4, 0.5) is 4.79 Å². The van der Waals surface area contributed by atoms with Crippen LogP contribution in [0.3, 0.4) is 0 Å². The largest absolute Gasteiger partial charge is 0.488 e. The SMILES string of the molecule is CNC(=O)N1CC[C@@H](Oc2ccc(-c3nc4c(OC5(C)CC5)ncnc4n3Cc3cc(C)ccn3)c(Cl)c2)C1. The van der Waals surface area contributed by atoms with Crippen LogP contribution in [0.2, 0.25) is 5.02 Å². The van der Waals surface area contributed by atoms with E-state index < -0.39 is 0 Å². The number of carbonyl (C=O) groups is 1. The first kappa shape index (κ1) is 25.4. The first-order chi connectivity index (χ1) is 18.8. The average molecular weight is 548 g/mol. The number of imidazole rings is 1. The van der Waals surface area contributed by atoms with Gasteiger partial charge in [-0.1, -0.05) is 11.6 Å². The van der Waals surface area contributed by atoms with Crippen molar-refractivity contribution in [2.24, 2.45) is 0 Å². The third-order valence-electron chi connectivity index (χ3n) is 7.22. The molecule has 10 nitrogen and oxygen atoms in total. The third-order valence-corrected chi connectivity index (χ3v) is 7.53. The maximum absolute atomic E-state index is 11.9. The molecule has 202 valence electrons. The Labute approximate surface area is 231 Å². The van der Waals surface area contributed by atoms with Gasteiger partial charge in [-0.05, 0) is 62.6 Å². The van der Waals surface area contributed by atoms with Crippen LogP contribution in [-0.2, 0) is 6.54 Å². The number of aromatic nitrogens is 5. The highest BCUT2D eigenvalue weighted by Crippen LogP contribution is 2.41. The Morgan fingerprint density at radius 3 is 2.79 bits per heavy atom. The molecule has 0 radical (unpaired) electrons. The van der Waals surface area contributed by atoms with Gasteiger partial charge in [0.2, 0.25) is 5.88 Å². The molecule has 0 spiro atoms. The van der Waals surface area contributed by atoms with Crippen molar-refractivity contribution in [1.29, 1.82) is 0 Å². The van der Waals surface area contributed by atoms with Crippen LogP contribution in [0, 0.1) is 6.92 Å². The summed E-state index contributed by atoms with van der Waals surface area (Å²) in [5, 5.41) is 3.15.